The van der Waals surface area contributed by atoms with Crippen LogP contribution in [0.4, 0.5) is 4.79 Å². The van der Waals surface area contributed by atoms with Gasteiger partial charge in [0, 0.05) is 0 Å². The van der Waals surface area contributed by atoms with E-state index >= 15 is 0 Å². The molecule has 15 heavy (non-hydrogen) atoms. The lowest BCUT2D eigenvalue weighted by molar-refractivity contribution is -0.491. The van der Waals surface area contributed by atoms with Gasteiger partial charge in [-0.05, 0) is 23.0 Å². The number of carbonyl (C=O) groups is 1. The van der Waals surface area contributed by atoms with Crippen molar-refractivity contribution >= 4 is 6.16 Å². The Kier molecular flexibility index (Phi) is 5.96. The van der Waals surface area contributed by atoms with Crippen molar-refractivity contribution in [3.63, 3.8) is 0 Å². The maximum Gasteiger partial charge on any atom is 0.542 e. The van der Waals surface area contributed by atoms with Gasteiger partial charge in [-0.2, -0.15) is 4.89 Å². The summed E-state index contributed by atoms with van der Waals surface area (Å²) in [6.45, 7) is 11.5. The van der Waals surface area contributed by atoms with Crippen molar-refractivity contribution in [1.82, 2.24) is 0 Å². The average Bonchev–Trinajstić information content (AvgIpc) is 2.07. The molecule has 0 aromatic rings. The molecule has 5 nitrogen and oxygen atoms in total. The molecule has 5 heteroatoms. The van der Waals surface area contributed by atoms with Crippen LogP contribution in [0.5, 0.6) is 0 Å². The van der Waals surface area contributed by atoms with Crippen LogP contribution in [-0.2, 0) is 19.6 Å². The van der Waals surface area contributed by atoms with Gasteiger partial charge in [0.25, 0.3) is 0 Å². The van der Waals surface area contributed by atoms with Crippen LogP contribution in [0.1, 0.15) is 27.7 Å². The third kappa shape index (κ3) is 10.9. The predicted octanol–water partition coefficient (Wildman–Crippen LogP) is 2.63. The first kappa shape index (κ1) is 13.9. The summed E-state index contributed by atoms with van der Waals surface area (Å²) in [4.78, 5) is 19.6. The lowest BCUT2D eigenvalue weighted by Gasteiger charge is -2.15. The van der Waals surface area contributed by atoms with Gasteiger partial charge in [0.05, 0.1) is 6.61 Å². The fraction of sp³-hybridized carbons (Fsp3) is 0.700. The quantitative estimate of drug-likeness (QED) is 0.233. The molecule has 0 aliphatic rings. The maximum atomic E-state index is 10.8. The van der Waals surface area contributed by atoms with E-state index in [2.05, 4.69) is 26.1 Å². The SMILES string of the molecule is C=C(C)COC(=O)OOOCC(C)(C)C. The number of rotatable bonds is 5. The highest BCUT2D eigenvalue weighted by Gasteiger charge is 2.12. The summed E-state index contributed by atoms with van der Waals surface area (Å²) in [5, 5.41) is 4.20. The van der Waals surface area contributed by atoms with Crippen molar-refractivity contribution in [2.45, 2.75) is 27.7 Å². The Morgan fingerprint density at radius 2 is 1.93 bits per heavy atom. The van der Waals surface area contributed by atoms with Crippen molar-refractivity contribution < 1.29 is 24.3 Å². The lowest BCUT2D eigenvalue weighted by atomic mass is 9.99. The summed E-state index contributed by atoms with van der Waals surface area (Å²) < 4.78 is 4.57. The van der Waals surface area contributed by atoms with Gasteiger partial charge in [0.2, 0.25) is 0 Å². The van der Waals surface area contributed by atoms with E-state index in [1.807, 2.05) is 20.8 Å². The molecule has 0 rings (SSSR count). The molecule has 0 amide bonds. The third-order valence-electron chi connectivity index (χ3n) is 1.08. The molecule has 0 saturated heterocycles. The Hall–Kier alpha value is -1.07. The van der Waals surface area contributed by atoms with Crippen molar-refractivity contribution in [2.24, 2.45) is 5.41 Å². The molecular formula is C10H18O5. The fourth-order valence-corrected chi connectivity index (χ4v) is 0.459. The number of hydrogen-bond acceptors (Lipinski definition) is 5. The van der Waals surface area contributed by atoms with Gasteiger partial charge in [-0.25, -0.2) is 9.68 Å². The molecule has 0 aromatic heterocycles. The molecule has 0 N–H and O–H groups in total. The van der Waals surface area contributed by atoms with Crippen LogP contribution < -0.4 is 0 Å². The third-order valence-corrected chi connectivity index (χ3v) is 1.08. The Morgan fingerprint density at radius 3 is 2.40 bits per heavy atom. The summed E-state index contributed by atoms with van der Waals surface area (Å²) in [6.07, 6.45) is -0.952. The van der Waals surface area contributed by atoms with Crippen molar-refractivity contribution in [2.75, 3.05) is 13.2 Å². The molecule has 0 bridgehead atoms. The first-order chi connectivity index (χ1) is 6.81. The van der Waals surface area contributed by atoms with Gasteiger partial charge in [-0.1, -0.05) is 27.4 Å². The molecular weight excluding hydrogens is 200 g/mol. The van der Waals surface area contributed by atoms with Gasteiger partial charge < -0.3 is 4.74 Å². The molecule has 0 heterocycles. The van der Waals surface area contributed by atoms with Crippen LogP contribution in [0, 0.1) is 5.41 Å². The molecule has 88 valence electrons. The second-order valence-corrected chi connectivity index (χ2v) is 4.47. The Balaban J connectivity index is 3.44. The molecule has 0 spiro atoms. The second kappa shape index (κ2) is 6.42. The minimum atomic E-state index is -0.952. The van der Waals surface area contributed by atoms with Crippen LogP contribution >= 0.6 is 0 Å². The molecule has 0 radical (unpaired) electrons. The Bertz CT molecular complexity index is 216. The van der Waals surface area contributed by atoms with Gasteiger partial charge in [0.1, 0.15) is 6.61 Å². The summed E-state index contributed by atoms with van der Waals surface area (Å²) in [5.41, 5.74) is 0.646. The first-order valence-electron chi connectivity index (χ1n) is 4.58. The summed E-state index contributed by atoms with van der Waals surface area (Å²) in [7, 11) is 0. The van der Waals surface area contributed by atoms with Crippen LogP contribution in [0.25, 0.3) is 0 Å². The van der Waals surface area contributed by atoms with Gasteiger partial charge in [0.15, 0.2) is 0 Å². The van der Waals surface area contributed by atoms with Crippen molar-refractivity contribution in [1.29, 1.82) is 0 Å². The largest absolute Gasteiger partial charge is 0.542 e. The highest BCUT2D eigenvalue weighted by molar-refractivity contribution is 5.59. The van der Waals surface area contributed by atoms with Crippen LogP contribution in [0.15, 0.2) is 12.2 Å². The van der Waals surface area contributed by atoms with Gasteiger partial charge >= 0.3 is 6.16 Å². The highest BCUT2D eigenvalue weighted by atomic mass is 17.5. The average molecular weight is 218 g/mol. The predicted molar refractivity (Wildman–Crippen MR) is 53.7 cm³/mol. The van der Waals surface area contributed by atoms with E-state index in [4.69, 9.17) is 0 Å². The van der Waals surface area contributed by atoms with Crippen molar-refractivity contribution in [3.05, 3.63) is 12.2 Å². The highest BCUT2D eigenvalue weighted by Crippen LogP contribution is 2.12. The zero-order valence-electron chi connectivity index (χ0n) is 9.66. The molecule has 0 aliphatic carbocycles. The minimum Gasteiger partial charge on any atom is -0.428 e. The standard InChI is InChI=1S/C10H18O5/c1-8(2)6-12-9(11)14-15-13-7-10(3,4)5/h1,6-7H2,2-5H3. The Labute approximate surface area is 89.8 Å². The van der Waals surface area contributed by atoms with Crippen molar-refractivity contribution in [3.8, 4) is 0 Å². The fourth-order valence-electron chi connectivity index (χ4n) is 0.459. The Morgan fingerprint density at radius 1 is 1.33 bits per heavy atom. The van der Waals surface area contributed by atoms with Crippen LogP contribution in [0.2, 0.25) is 0 Å². The molecule has 0 unspecified atom stereocenters. The van der Waals surface area contributed by atoms with E-state index in [-0.39, 0.29) is 12.0 Å². The van der Waals surface area contributed by atoms with E-state index in [1.54, 1.807) is 6.92 Å². The normalized spacial score (nSPS) is 10.9. The first-order valence-corrected chi connectivity index (χ1v) is 4.58. The number of carbonyl (C=O) groups excluding carboxylic acids is 1. The van der Waals surface area contributed by atoms with E-state index in [1.165, 1.54) is 0 Å². The number of hydrogen-bond donors (Lipinski definition) is 0. The minimum absolute atomic E-state index is 0.0645. The topological polar surface area (TPSA) is 54.0 Å². The number of ether oxygens (including phenoxy) is 1. The molecule has 0 aromatic carbocycles. The smallest absolute Gasteiger partial charge is 0.428 e. The van der Waals surface area contributed by atoms with E-state index in [9.17, 15) is 4.79 Å². The zero-order valence-corrected chi connectivity index (χ0v) is 9.66. The second-order valence-electron chi connectivity index (χ2n) is 4.47. The zero-order chi connectivity index (χ0) is 11.9. The summed E-state index contributed by atoms with van der Waals surface area (Å²) in [5.74, 6) is 0. The van der Waals surface area contributed by atoms with Gasteiger partial charge in [-0.3, -0.25) is 0 Å². The van der Waals surface area contributed by atoms with Crippen LogP contribution in [0.3, 0.4) is 0 Å². The molecule has 0 fully saturated rings. The van der Waals surface area contributed by atoms with Crippen LogP contribution in [-0.4, -0.2) is 19.4 Å². The summed E-state index contributed by atoms with van der Waals surface area (Å²) in [6, 6.07) is 0. The van der Waals surface area contributed by atoms with E-state index in [0.717, 1.165) is 0 Å². The molecule has 0 atom stereocenters. The molecule has 0 saturated carbocycles. The summed E-state index contributed by atoms with van der Waals surface area (Å²) >= 11 is 0. The maximum absolute atomic E-state index is 10.8. The monoisotopic (exact) mass is 218 g/mol. The molecule has 0 aliphatic heterocycles. The van der Waals surface area contributed by atoms with Gasteiger partial charge in [-0.15, -0.1) is 0 Å². The van der Waals surface area contributed by atoms with E-state index in [0.29, 0.717) is 12.2 Å². The lowest BCUT2D eigenvalue weighted by Crippen LogP contribution is -2.17. The van der Waals surface area contributed by atoms with E-state index < -0.39 is 6.16 Å².